The van der Waals surface area contributed by atoms with Crippen LogP contribution in [0.25, 0.3) is 5.57 Å². The molecule has 1 fully saturated rings. The summed E-state index contributed by atoms with van der Waals surface area (Å²) < 4.78 is 5.29. The van der Waals surface area contributed by atoms with Crippen LogP contribution in [0.2, 0.25) is 0 Å². The number of fused-ring (bicyclic) bond motifs is 1. The van der Waals surface area contributed by atoms with Crippen LogP contribution in [0.15, 0.2) is 30.5 Å². The highest BCUT2D eigenvalue weighted by Gasteiger charge is 2.24. The molecule has 0 radical (unpaired) electrons. The van der Waals surface area contributed by atoms with E-state index in [1.165, 1.54) is 0 Å². The standard InChI is InChI=1S/C13H14N2O2/c16-13-11(9-15-5-7-17-8-6-15)10-3-1-2-4-12(10)14-13/h1-4,9H,5-8H2,(H,14,16)/b11-9+. The number of ether oxygens (including phenoxy) is 1. The van der Waals surface area contributed by atoms with Crippen molar-refractivity contribution in [3.8, 4) is 0 Å². The van der Waals surface area contributed by atoms with Gasteiger partial charge in [0.1, 0.15) is 0 Å². The highest BCUT2D eigenvalue weighted by Crippen LogP contribution is 2.31. The maximum absolute atomic E-state index is 11.9. The second-order valence-corrected chi connectivity index (χ2v) is 4.19. The van der Waals surface area contributed by atoms with Crippen molar-refractivity contribution >= 4 is 17.2 Å². The number of hydrogen-bond acceptors (Lipinski definition) is 3. The van der Waals surface area contributed by atoms with E-state index in [1.54, 1.807) is 0 Å². The van der Waals surface area contributed by atoms with E-state index in [9.17, 15) is 4.79 Å². The third-order valence-electron chi connectivity index (χ3n) is 3.07. The first kappa shape index (κ1) is 10.4. The number of nitrogens with one attached hydrogen (secondary N) is 1. The molecule has 0 spiro atoms. The number of benzene rings is 1. The Hall–Kier alpha value is -1.81. The van der Waals surface area contributed by atoms with Crippen LogP contribution < -0.4 is 5.32 Å². The van der Waals surface area contributed by atoms with E-state index in [4.69, 9.17) is 4.74 Å². The van der Waals surface area contributed by atoms with Gasteiger partial charge in [-0.2, -0.15) is 0 Å². The third kappa shape index (κ3) is 1.91. The Morgan fingerprint density at radius 3 is 2.82 bits per heavy atom. The number of amides is 1. The van der Waals surface area contributed by atoms with E-state index in [0.29, 0.717) is 0 Å². The summed E-state index contributed by atoms with van der Waals surface area (Å²) in [6, 6.07) is 7.77. The molecule has 17 heavy (non-hydrogen) atoms. The highest BCUT2D eigenvalue weighted by molar-refractivity contribution is 6.31. The van der Waals surface area contributed by atoms with Gasteiger partial charge >= 0.3 is 0 Å². The van der Waals surface area contributed by atoms with Gasteiger partial charge in [0.05, 0.1) is 18.8 Å². The summed E-state index contributed by atoms with van der Waals surface area (Å²) in [7, 11) is 0. The summed E-state index contributed by atoms with van der Waals surface area (Å²) >= 11 is 0. The number of morpholine rings is 1. The smallest absolute Gasteiger partial charge is 0.257 e. The Morgan fingerprint density at radius 2 is 2.00 bits per heavy atom. The number of hydrogen-bond donors (Lipinski definition) is 1. The zero-order chi connectivity index (χ0) is 11.7. The van der Waals surface area contributed by atoms with E-state index in [0.717, 1.165) is 43.1 Å². The molecular formula is C13H14N2O2. The molecule has 2 heterocycles. The number of nitrogens with zero attached hydrogens (tertiary/aromatic N) is 1. The first-order valence-electron chi connectivity index (χ1n) is 5.79. The van der Waals surface area contributed by atoms with Crippen molar-refractivity contribution in [1.82, 2.24) is 4.90 Å². The van der Waals surface area contributed by atoms with Crippen LogP contribution in [0.1, 0.15) is 5.56 Å². The minimum absolute atomic E-state index is 0.0160. The summed E-state index contributed by atoms with van der Waals surface area (Å²) in [6.45, 7) is 3.15. The van der Waals surface area contributed by atoms with Gasteiger partial charge in [0.2, 0.25) is 0 Å². The van der Waals surface area contributed by atoms with Gasteiger partial charge in [0.25, 0.3) is 5.91 Å². The molecule has 0 saturated carbocycles. The SMILES string of the molecule is O=C1Nc2ccccc2/C1=C\N1CCOCC1. The lowest BCUT2D eigenvalue weighted by Gasteiger charge is -2.25. The van der Waals surface area contributed by atoms with Crippen molar-refractivity contribution in [2.24, 2.45) is 0 Å². The Kier molecular flexibility index (Phi) is 2.57. The van der Waals surface area contributed by atoms with Crippen molar-refractivity contribution in [3.63, 3.8) is 0 Å². The molecule has 2 aliphatic rings. The van der Waals surface area contributed by atoms with Crippen molar-refractivity contribution in [2.45, 2.75) is 0 Å². The number of rotatable bonds is 1. The third-order valence-corrected chi connectivity index (χ3v) is 3.07. The van der Waals surface area contributed by atoms with Gasteiger partial charge in [-0.25, -0.2) is 0 Å². The van der Waals surface area contributed by atoms with Gasteiger partial charge in [-0.3, -0.25) is 4.79 Å². The van der Waals surface area contributed by atoms with Gasteiger partial charge in [-0.05, 0) is 6.07 Å². The molecule has 4 nitrogen and oxygen atoms in total. The van der Waals surface area contributed by atoms with E-state index in [-0.39, 0.29) is 5.91 Å². The second kappa shape index (κ2) is 4.22. The predicted octanol–water partition coefficient (Wildman–Crippen LogP) is 1.31. The molecule has 4 heteroatoms. The van der Waals surface area contributed by atoms with Gasteiger partial charge < -0.3 is 15.0 Å². The Balaban J connectivity index is 1.92. The maximum Gasteiger partial charge on any atom is 0.257 e. The predicted molar refractivity (Wildman–Crippen MR) is 65.4 cm³/mol. The molecule has 1 saturated heterocycles. The molecule has 3 rings (SSSR count). The summed E-state index contributed by atoms with van der Waals surface area (Å²) in [6.07, 6.45) is 1.95. The lowest BCUT2D eigenvalue weighted by Crippen LogP contribution is -2.32. The quantitative estimate of drug-likeness (QED) is 0.740. The average Bonchev–Trinajstić information content (AvgIpc) is 2.68. The molecule has 0 aliphatic carbocycles. The minimum atomic E-state index is -0.0160. The monoisotopic (exact) mass is 230 g/mol. The first-order chi connectivity index (χ1) is 8.34. The summed E-state index contributed by atoms with van der Waals surface area (Å²) in [5.74, 6) is -0.0160. The van der Waals surface area contributed by atoms with E-state index in [2.05, 4.69) is 10.2 Å². The molecule has 0 aromatic heterocycles. The average molecular weight is 230 g/mol. The molecular weight excluding hydrogens is 216 g/mol. The van der Waals surface area contributed by atoms with Crippen LogP contribution >= 0.6 is 0 Å². The molecule has 1 aromatic carbocycles. The van der Waals surface area contributed by atoms with E-state index < -0.39 is 0 Å². The first-order valence-corrected chi connectivity index (χ1v) is 5.79. The second-order valence-electron chi connectivity index (χ2n) is 4.19. The fraction of sp³-hybridized carbons (Fsp3) is 0.308. The molecule has 1 amide bonds. The summed E-state index contributed by atoms with van der Waals surface area (Å²) in [5, 5.41) is 2.87. The van der Waals surface area contributed by atoms with Gasteiger partial charge in [-0.1, -0.05) is 18.2 Å². The van der Waals surface area contributed by atoms with Crippen LogP contribution in [0.3, 0.4) is 0 Å². The fourth-order valence-electron chi connectivity index (χ4n) is 2.16. The van der Waals surface area contributed by atoms with Gasteiger partial charge in [0, 0.05) is 30.5 Å². The Morgan fingerprint density at radius 1 is 1.24 bits per heavy atom. The number of para-hydroxylation sites is 1. The molecule has 2 aliphatic heterocycles. The number of anilines is 1. The van der Waals surface area contributed by atoms with Crippen molar-refractivity contribution in [1.29, 1.82) is 0 Å². The normalized spacial score (nSPS) is 21.5. The molecule has 88 valence electrons. The van der Waals surface area contributed by atoms with Crippen LogP contribution in [0, 0.1) is 0 Å². The topological polar surface area (TPSA) is 41.6 Å². The van der Waals surface area contributed by atoms with Gasteiger partial charge in [0.15, 0.2) is 0 Å². The van der Waals surface area contributed by atoms with Gasteiger partial charge in [-0.15, -0.1) is 0 Å². The van der Waals surface area contributed by atoms with Crippen LogP contribution in [0.5, 0.6) is 0 Å². The molecule has 0 unspecified atom stereocenters. The maximum atomic E-state index is 11.9. The van der Waals surface area contributed by atoms with Crippen molar-refractivity contribution in [3.05, 3.63) is 36.0 Å². The minimum Gasteiger partial charge on any atom is -0.378 e. The summed E-state index contributed by atoms with van der Waals surface area (Å²) in [5.41, 5.74) is 2.64. The van der Waals surface area contributed by atoms with Crippen LogP contribution in [-0.2, 0) is 9.53 Å². The lowest BCUT2D eigenvalue weighted by molar-refractivity contribution is -0.110. The highest BCUT2D eigenvalue weighted by atomic mass is 16.5. The largest absolute Gasteiger partial charge is 0.378 e. The lowest BCUT2D eigenvalue weighted by atomic mass is 10.1. The van der Waals surface area contributed by atoms with E-state index in [1.807, 2.05) is 30.5 Å². The molecule has 1 N–H and O–H groups in total. The number of carbonyl (C=O) groups excluding carboxylic acids is 1. The molecule has 0 bridgehead atoms. The van der Waals surface area contributed by atoms with Crippen molar-refractivity contribution in [2.75, 3.05) is 31.6 Å². The van der Waals surface area contributed by atoms with Crippen molar-refractivity contribution < 1.29 is 9.53 Å². The Bertz CT molecular complexity index is 476. The number of carbonyl (C=O) groups is 1. The zero-order valence-corrected chi connectivity index (χ0v) is 9.48. The van der Waals surface area contributed by atoms with Crippen LogP contribution in [0.4, 0.5) is 5.69 Å². The zero-order valence-electron chi connectivity index (χ0n) is 9.48. The summed E-state index contributed by atoms with van der Waals surface area (Å²) in [4.78, 5) is 14.0. The molecule has 0 atom stereocenters. The van der Waals surface area contributed by atoms with Crippen LogP contribution in [-0.4, -0.2) is 37.1 Å². The fourth-order valence-corrected chi connectivity index (χ4v) is 2.16. The van der Waals surface area contributed by atoms with E-state index >= 15 is 0 Å². The Labute approximate surface area is 99.9 Å². The molecule has 1 aromatic rings.